The number of hydrogen-bond donors (Lipinski definition) is 1. The Bertz CT molecular complexity index is 329. The molecule has 2 N–H and O–H groups in total. The molecule has 19 heavy (non-hydrogen) atoms. The highest BCUT2D eigenvalue weighted by atomic mass is 79.9. The third-order valence-corrected chi connectivity index (χ3v) is 3.63. The number of hydrogen-bond acceptors (Lipinski definition) is 3. The number of ether oxygens (including phenoxy) is 2. The van der Waals surface area contributed by atoms with E-state index in [-0.39, 0.29) is 0 Å². The lowest BCUT2D eigenvalue weighted by Gasteiger charge is -2.15. The molecular weight excluding hydrogens is 306 g/mol. The Morgan fingerprint density at radius 3 is 2.53 bits per heavy atom. The average Bonchev–Trinajstić information content (AvgIpc) is 2.43. The molecule has 0 radical (unpaired) electrons. The van der Waals surface area contributed by atoms with Crippen molar-refractivity contribution in [3.63, 3.8) is 0 Å². The van der Waals surface area contributed by atoms with Crippen molar-refractivity contribution in [2.75, 3.05) is 33.5 Å². The summed E-state index contributed by atoms with van der Waals surface area (Å²) in [5.41, 5.74) is 7.19. The summed E-state index contributed by atoms with van der Waals surface area (Å²) in [6, 6.07) is 8.47. The minimum atomic E-state index is 0.534. The predicted molar refractivity (Wildman–Crippen MR) is 82.3 cm³/mol. The zero-order valence-electron chi connectivity index (χ0n) is 11.6. The van der Waals surface area contributed by atoms with Gasteiger partial charge >= 0.3 is 0 Å². The quantitative estimate of drug-likeness (QED) is 0.671. The van der Waals surface area contributed by atoms with Gasteiger partial charge in [-0.1, -0.05) is 28.1 Å². The van der Waals surface area contributed by atoms with Gasteiger partial charge < -0.3 is 15.2 Å². The molecule has 1 atom stereocenters. The zero-order chi connectivity index (χ0) is 13.9. The molecule has 0 aliphatic heterocycles. The lowest BCUT2D eigenvalue weighted by atomic mass is 9.95. The van der Waals surface area contributed by atoms with Crippen LogP contribution in [0.25, 0.3) is 0 Å². The summed E-state index contributed by atoms with van der Waals surface area (Å²) in [7, 11) is 1.69. The van der Waals surface area contributed by atoms with E-state index in [1.54, 1.807) is 7.11 Å². The second kappa shape index (κ2) is 10.4. The fraction of sp³-hybridized carbons (Fsp3) is 0.600. The summed E-state index contributed by atoms with van der Waals surface area (Å²) in [5, 5.41) is 0. The van der Waals surface area contributed by atoms with Gasteiger partial charge in [0.15, 0.2) is 0 Å². The van der Waals surface area contributed by atoms with Crippen LogP contribution in [-0.4, -0.2) is 33.5 Å². The van der Waals surface area contributed by atoms with E-state index in [0.29, 0.717) is 19.1 Å². The number of nitrogens with two attached hydrogens (primary N) is 1. The maximum atomic E-state index is 5.84. The second-order valence-corrected chi connectivity index (χ2v) is 5.60. The van der Waals surface area contributed by atoms with Crippen molar-refractivity contribution >= 4 is 15.9 Å². The normalized spacial score (nSPS) is 12.6. The number of halogens is 1. The van der Waals surface area contributed by atoms with Crippen LogP contribution in [0.4, 0.5) is 0 Å². The molecule has 0 fully saturated rings. The van der Waals surface area contributed by atoms with Crippen LogP contribution in [0.3, 0.4) is 0 Å². The van der Waals surface area contributed by atoms with E-state index < -0.39 is 0 Å². The SMILES string of the molecule is COCCOCCCC(CN)Cc1ccc(Br)cc1. The highest BCUT2D eigenvalue weighted by molar-refractivity contribution is 9.10. The Morgan fingerprint density at radius 2 is 1.89 bits per heavy atom. The smallest absolute Gasteiger partial charge is 0.0700 e. The van der Waals surface area contributed by atoms with Crippen LogP contribution in [0, 0.1) is 5.92 Å². The van der Waals surface area contributed by atoms with Crippen molar-refractivity contribution in [1.82, 2.24) is 0 Å². The van der Waals surface area contributed by atoms with Crippen LogP contribution in [0.5, 0.6) is 0 Å². The molecule has 3 nitrogen and oxygen atoms in total. The van der Waals surface area contributed by atoms with Crippen molar-refractivity contribution < 1.29 is 9.47 Å². The standard InChI is InChI=1S/C15H24BrNO2/c1-18-9-10-19-8-2-3-14(12-17)11-13-4-6-15(16)7-5-13/h4-7,14H,2-3,8-12,17H2,1H3. The van der Waals surface area contributed by atoms with E-state index in [1.165, 1.54) is 5.56 Å². The van der Waals surface area contributed by atoms with E-state index in [2.05, 4.69) is 40.2 Å². The minimum Gasteiger partial charge on any atom is -0.382 e. The lowest BCUT2D eigenvalue weighted by molar-refractivity contribution is 0.0673. The summed E-state index contributed by atoms with van der Waals surface area (Å²) < 4.78 is 11.5. The first-order valence-electron chi connectivity index (χ1n) is 6.77. The first kappa shape index (κ1) is 16.6. The van der Waals surface area contributed by atoms with E-state index >= 15 is 0 Å². The van der Waals surface area contributed by atoms with Gasteiger partial charge in [-0.2, -0.15) is 0 Å². The monoisotopic (exact) mass is 329 g/mol. The van der Waals surface area contributed by atoms with Gasteiger partial charge in [0, 0.05) is 18.2 Å². The van der Waals surface area contributed by atoms with Crippen molar-refractivity contribution in [2.24, 2.45) is 11.7 Å². The van der Waals surface area contributed by atoms with E-state index in [1.807, 2.05) is 0 Å². The molecule has 0 bridgehead atoms. The van der Waals surface area contributed by atoms with Crippen molar-refractivity contribution in [2.45, 2.75) is 19.3 Å². The molecule has 0 saturated heterocycles. The number of rotatable bonds is 10. The minimum absolute atomic E-state index is 0.534. The first-order valence-corrected chi connectivity index (χ1v) is 7.56. The molecule has 1 aromatic carbocycles. The van der Waals surface area contributed by atoms with Gasteiger partial charge in [0.25, 0.3) is 0 Å². The van der Waals surface area contributed by atoms with E-state index in [0.717, 1.165) is 36.9 Å². The van der Waals surface area contributed by atoms with Crippen molar-refractivity contribution in [3.8, 4) is 0 Å². The second-order valence-electron chi connectivity index (χ2n) is 4.68. The predicted octanol–water partition coefficient (Wildman–Crippen LogP) is 3.01. The number of methoxy groups -OCH3 is 1. The molecule has 0 saturated carbocycles. The van der Waals surface area contributed by atoms with Gasteiger partial charge in [-0.15, -0.1) is 0 Å². The van der Waals surface area contributed by atoms with Gasteiger partial charge in [0.2, 0.25) is 0 Å². The Morgan fingerprint density at radius 1 is 1.16 bits per heavy atom. The van der Waals surface area contributed by atoms with Gasteiger partial charge in [-0.25, -0.2) is 0 Å². The molecule has 0 aliphatic carbocycles. The molecule has 0 spiro atoms. The van der Waals surface area contributed by atoms with Gasteiger partial charge in [-0.05, 0) is 49.4 Å². The lowest BCUT2D eigenvalue weighted by Crippen LogP contribution is -2.17. The average molecular weight is 330 g/mol. The highest BCUT2D eigenvalue weighted by Gasteiger charge is 2.07. The third-order valence-electron chi connectivity index (χ3n) is 3.10. The molecular formula is C15H24BrNO2. The Balaban J connectivity index is 2.20. The van der Waals surface area contributed by atoms with Gasteiger partial charge in [0.05, 0.1) is 13.2 Å². The highest BCUT2D eigenvalue weighted by Crippen LogP contribution is 2.16. The summed E-state index contributed by atoms with van der Waals surface area (Å²) in [4.78, 5) is 0. The molecule has 1 aromatic rings. The zero-order valence-corrected chi connectivity index (χ0v) is 13.2. The van der Waals surface area contributed by atoms with Gasteiger partial charge in [0.1, 0.15) is 0 Å². The molecule has 1 rings (SSSR count). The first-order chi connectivity index (χ1) is 9.26. The van der Waals surface area contributed by atoms with Crippen LogP contribution in [0.15, 0.2) is 28.7 Å². The third kappa shape index (κ3) is 7.67. The number of benzene rings is 1. The maximum Gasteiger partial charge on any atom is 0.0700 e. The summed E-state index contributed by atoms with van der Waals surface area (Å²) in [5.74, 6) is 0.534. The van der Waals surface area contributed by atoms with Crippen LogP contribution >= 0.6 is 15.9 Å². The fourth-order valence-electron chi connectivity index (χ4n) is 1.98. The van der Waals surface area contributed by atoms with Crippen LogP contribution < -0.4 is 5.73 Å². The largest absolute Gasteiger partial charge is 0.382 e. The summed E-state index contributed by atoms with van der Waals surface area (Å²) in [6.07, 6.45) is 3.21. The van der Waals surface area contributed by atoms with Gasteiger partial charge in [-0.3, -0.25) is 0 Å². The summed E-state index contributed by atoms with van der Waals surface area (Å²) in [6.45, 7) is 2.87. The van der Waals surface area contributed by atoms with Crippen LogP contribution in [0.2, 0.25) is 0 Å². The molecule has 0 heterocycles. The van der Waals surface area contributed by atoms with Crippen LogP contribution in [0.1, 0.15) is 18.4 Å². The fourth-order valence-corrected chi connectivity index (χ4v) is 2.24. The Hall–Kier alpha value is -0.420. The topological polar surface area (TPSA) is 44.5 Å². The maximum absolute atomic E-state index is 5.84. The van der Waals surface area contributed by atoms with E-state index in [4.69, 9.17) is 15.2 Å². The van der Waals surface area contributed by atoms with Crippen molar-refractivity contribution in [1.29, 1.82) is 0 Å². The van der Waals surface area contributed by atoms with Crippen molar-refractivity contribution in [3.05, 3.63) is 34.3 Å². The van der Waals surface area contributed by atoms with E-state index in [9.17, 15) is 0 Å². The van der Waals surface area contributed by atoms with Crippen LogP contribution in [-0.2, 0) is 15.9 Å². The molecule has 0 amide bonds. The summed E-state index contributed by atoms with van der Waals surface area (Å²) >= 11 is 3.45. The molecule has 0 aromatic heterocycles. The molecule has 1 unspecified atom stereocenters. The molecule has 0 aliphatic rings. The molecule has 4 heteroatoms. The molecule has 108 valence electrons. The Kier molecular flexibility index (Phi) is 9.08. The Labute approximate surface area is 124 Å².